The molecule has 0 heteroatoms. The van der Waals surface area contributed by atoms with E-state index in [1.165, 1.54) is 18.4 Å². The lowest BCUT2D eigenvalue weighted by molar-refractivity contribution is 0.658. The Balaban J connectivity index is 3.93. The first kappa shape index (κ1) is 9.48. The van der Waals surface area contributed by atoms with E-state index in [9.17, 15) is 0 Å². The van der Waals surface area contributed by atoms with Crippen LogP contribution in [0.15, 0.2) is 24.3 Å². The summed E-state index contributed by atoms with van der Waals surface area (Å²) >= 11 is 0. The van der Waals surface area contributed by atoms with Crippen LogP contribution in [-0.2, 0) is 0 Å². The molecule has 0 saturated carbocycles. The second-order valence-electron chi connectivity index (χ2n) is 2.66. The van der Waals surface area contributed by atoms with Gasteiger partial charge in [-0.3, -0.25) is 0 Å². The summed E-state index contributed by atoms with van der Waals surface area (Å²) in [4.78, 5) is 0. The Morgan fingerprint density at radius 2 is 2.20 bits per heavy atom. The van der Waals surface area contributed by atoms with Crippen LogP contribution in [0.1, 0.15) is 33.6 Å². The van der Waals surface area contributed by atoms with Gasteiger partial charge in [-0.15, -0.1) is 6.58 Å². The Morgan fingerprint density at radius 1 is 1.60 bits per heavy atom. The normalized spacial score (nSPS) is 14.9. The summed E-state index contributed by atoms with van der Waals surface area (Å²) in [7, 11) is 0. The lowest BCUT2D eigenvalue weighted by Crippen LogP contribution is -1.96. The standard InChI is InChI=1S/C10H18/c1-5-8-10(7-3)9(4)6-2/h6-7,10H,3,5,8H2,1-2,4H3. The van der Waals surface area contributed by atoms with E-state index < -0.39 is 0 Å². The molecule has 0 aliphatic heterocycles. The minimum Gasteiger partial charge on any atom is -0.102 e. The van der Waals surface area contributed by atoms with Crippen LogP contribution in [0, 0.1) is 5.92 Å². The fraction of sp³-hybridized carbons (Fsp3) is 0.600. The van der Waals surface area contributed by atoms with Crippen LogP contribution >= 0.6 is 0 Å². The van der Waals surface area contributed by atoms with Crippen molar-refractivity contribution in [2.75, 3.05) is 0 Å². The lowest BCUT2D eigenvalue weighted by Gasteiger charge is -2.10. The van der Waals surface area contributed by atoms with E-state index in [2.05, 4.69) is 33.4 Å². The van der Waals surface area contributed by atoms with Crippen LogP contribution in [0.25, 0.3) is 0 Å². The SMILES string of the molecule is C=CC(CCC)C(C)=CC. The topological polar surface area (TPSA) is 0 Å². The van der Waals surface area contributed by atoms with Crippen molar-refractivity contribution in [3.63, 3.8) is 0 Å². The fourth-order valence-electron chi connectivity index (χ4n) is 1.06. The van der Waals surface area contributed by atoms with Gasteiger partial charge in [0.25, 0.3) is 0 Å². The first-order chi connectivity index (χ1) is 4.76. The molecule has 0 heterocycles. The lowest BCUT2D eigenvalue weighted by atomic mass is 9.96. The highest BCUT2D eigenvalue weighted by atomic mass is 14.1. The Bertz CT molecular complexity index is 120. The van der Waals surface area contributed by atoms with Crippen molar-refractivity contribution in [2.45, 2.75) is 33.6 Å². The first-order valence-electron chi connectivity index (χ1n) is 4.01. The van der Waals surface area contributed by atoms with Crippen molar-refractivity contribution >= 4 is 0 Å². The highest BCUT2D eigenvalue weighted by Gasteiger charge is 2.02. The quantitative estimate of drug-likeness (QED) is 0.521. The molecule has 0 N–H and O–H groups in total. The molecule has 0 radical (unpaired) electrons. The summed E-state index contributed by atoms with van der Waals surface area (Å²) in [6.07, 6.45) is 6.68. The van der Waals surface area contributed by atoms with Crippen LogP contribution in [0.2, 0.25) is 0 Å². The Labute approximate surface area is 64.6 Å². The third kappa shape index (κ3) is 2.86. The third-order valence-corrected chi connectivity index (χ3v) is 1.92. The molecule has 0 saturated heterocycles. The molecule has 1 atom stereocenters. The van der Waals surface area contributed by atoms with Gasteiger partial charge in [-0.25, -0.2) is 0 Å². The summed E-state index contributed by atoms with van der Waals surface area (Å²) in [6.45, 7) is 10.3. The minimum atomic E-state index is 0.606. The van der Waals surface area contributed by atoms with Crippen molar-refractivity contribution < 1.29 is 0 Å². The van der Waals surface area contributed by atoms with Crippen LogP contribution in [-0.4, -0.2) is 0 Å². The van der Waals surface area contributed by atoms with Gasteiger partial charge < -0.3 is 0 Å². The van der Waals surface area contributed by atoms with E-state index in [4.69, 9.17) is 0 Å². The zero-order valence-corrected chi connectivity index (χ0v) is 7.35. The number of allylic oxidation sites excluding steroid dienone is 3. The summed E-state index contributed by atoms with van der Waals surface area (Å²) < 4.78 is 0. The van der Waals surface area contributed by atoms with Crippen molar-refractivity contribution in [1.29, 1.82) is 0 Å². The highest BCUT2D eigenvalue weighted by molar-refractivity contribution is 5.07. The van der Waals surface area contributed by atoms with Gasteiger partial charge in [0.1, 0.15) is 0 Å². The average Bonchev–Trinajstić information content (AvgIpc) is 1.99. The molecule has 0 bridgehead atoms. The van der Waals surface area contributed by atoms with Crippen LogP contribution in [0.3, 0.4) is 0 Å². The molecule has 0 aliphatic carbocycles. The summed E-state index contributed by atoms with van der Waals surface area (Å²) in [5, 5.41) is 0. The monoisotopic (exact) mass is 138 g/mol. The van der Waals surface area contributed by atoms with Crippen molar-refractivity contribution in [2.24, 2.45) is 5.92 Å². The van der Waals surface area contributed by atoms with E-state index in [0.29, 0.717) is 5.92 Å². The Morgan fingerprint density at radius 3 is 2.50 bits per heavy atom. The molecule has 10 heavy (non-hydrogen) atoms. The van der Waals surface area contributed by atoms with Gasteiger partial charge in [0, 0.05) is 0 Å². The van der Waals surface area contributed by atoms with Gasteiger partial charge in [0.2, 0.25) is 0 Å². The minimum absolute atomic E-state index is 0.606. The van der Waals surface area contributed by atoms with Crippen LogP contribution in [0.5, 0.6) is 0 Å². The fourth-order valence-corrected chi connectivity index (χ4v) is 1.06. The van der Waals surface area contributed by atoms with Gasteiger partial charge in [0.05, 0.1) is 0 Å². The van der Waals surface area contributed by atoms with E-state index in [1.54, 1.807) is 0 Å². The van der Waals surface area contributed by atoms with Crippen molar-refractivity contribution in [3.8, 4) is 0 Å². The van der Waals surface area contributed by atoms with Gasteiger partial charge in [-0.1, -0.05) is 31.1 Å². The molecule has 0 aromatic rings. The molecule has 0 rings (SSSR count). The van der Waals surface area contributed by atoms with Gasteiger partial charge in [-0.2, -0.15) is 0 Å². The van der Waals surface area contributed by atoms with Gasteiger partial charge in [-0.05, 0) is 26.2 Å². The smallest absolute Gasteiger partial charge is 0.00289 e. The largest absolute Gasteiger partial charge is 0.102 e. The maximum atomic E-state index is 3.81. The van der Waals surface area contributed by atoms with E-state index in [0.717, 1.165) is 0 Å². The second-order valence-corrected chi connectivity index (χ2v) is 2.66. The van der Waals surface area contributed by atoms with E-state index >= 15 is 0 Å². The molecule has 0 nitrogen and oxygen atoms in total. The van der Waals surface area contributed by atoms with E-state index in [1.807, 2.05) is 6.08 Å². The maximum Gasteiger partial charge on any atom is -0.00289 e. The van der Waals surface area contributed by atoms with Gasteiger partial charge in [0.15, 0.2) is 0 Å². The predicted molar refractivity (Wildman–Crippen MR) is 48.0 cm³/mol. The van der Waals surface area contributed by atoms with Crippen molar-refractivity contribution in [3.05, 3.63) is 24.3 Å². The molecule has 0 amide bonds. The van der Waals surface area contributed by atoms with Crippen molar-refractivity contribution in [1.82, 2.24) is 0 Å². The second kappa shape index (κ2) is 5.28. The molecule has 58 valence electrons. The molecule has 0 aromatic heterocycles. The molecule has 0 aromatic carbocycles. The maximum absolute atomic E-state index is 3.81. The molecule has 1 unspecified atom stereocenters. The number of hydrogen-bond acceptors (Lipinski definition) is 0. The molecular formula is C10H18. The van der Waals surface area contributed by atoms with E-state index in [-0.39, 0.29) is 0 Å². The summed E-state index contributed by atoms with van der Waals surface area (Å²) in [5.41, 5.74) is 1.44. The van der Waals surface area contributed by atoms with Crippen LogP contribution < -0.4 is 0 Å². The highest BCUT2D eigenvalue weighted by Crippen LogP contribution is 2.16. The first-order valence-corrected chi connectivity index (χ1v) is 4.01. The summed E-state index contributed by atoms with van der Waals surface area (Å²) in [6, 6.07) is 0. The Hall–Kier alpha value is -0.520. The zero-order chi connectivity index (χ0) is 7.98. The summed E-state index contributed by atoms with van der Waals surface area (Å²) in [5.74, 6) is 0.606. The predicted octanol–water partition coefficient (Wildman–Crippen LogP) is 3.55. The van der Waals surface area contributed by atoms with Gasteiger partial charge >= 0.3 is 0 Å². The molecule has 0 fully saturated rings. The molecule has 0 aliphatic rings. The number of hydrogen-bond donors (Lipinski definition) is 0. The number of rotatable bonds is 4. The zero-order valence-electron chi connectivity index (χ0n) is 7.35. The Kier molecular flexibility index (Phi) is 5.00. The third-order valence-electron chi connectivity index (χ3n) is 1.92. The molecular weight excluding hydrogens is 120 g/mol. The van der Waals surface area contributed by atoms with Crippen LogP contribution in [0.4, 0.5) is 0 Å². The molecule has 0 spiro atoms. The average molecular weight is 138 g/mol.